The van der Waals surface area contributed by atoms with E-state index < -0.39 is 10.0 Å². The van der Waals surface area contributed by atoms with E-state index in [0.29, 0.717) is 28.1 Å². The zero-order valence-corrected chi connectivity index (χ0v) is 18.3. The number of nitrogens with one attached hydrogen (secondary N) is 2. The molecule has 3 aromatic carbocycles. The van der Waals surface area contributed by atoms with Gasteiger partial charge in [-0.3, -0.25) is 14.3 Å². The van der Waals surface area contributed by atoms with Gasteiger partial charge in [-0.1, -0.05) is 47.6 Å². The van der Waals surface area contributed by atoms with Crippen LogP contribution in [0.5, 0.6) is 0 Å². The number of ketones is 1. The van der Waals surface area contributed by atoms with Crippen LogP contribution in [-0.2, 0) is 10.0 Å². The summed E-state index contributed by atoms with van der Waals surface area (Å²) in [6, 6.07) is 22.3. The molecule has 1 heterocycles. The van der Waals surface area contributed by atoms with Crippen LogP contribution in [0.4, 0.5) is 11.5 Å². The minimum atomic E-state index is -3.85. The second-order valence-corrected chi connectivity index (χ2v) is 8.86. The highest BCUT2D eigenvalue weighted by Crippen LogP contribution is 2.19. The normalized spacial score (nSPS) is 11.1. The topological polar surface area (TPSA) is 118 Å². The zero-order chi connectivity index (χ0) is 23.4. The molecule has 33 heavy (non-hydrogen) atoms. The van der Waals surface area contributed by atoms with E-state index in [1.807, 2.05) is 6.07 Å². The summed E-state index contributed by atoms with van der Waals surface area (Å²) in [4.78, 5) is 25.0. The lowest BCUT2D eigenvalue weighted by molar-refractivity contribution is 0.102. The van der Waals surface area contributed by atoms with Crippen molar-refractivity contribution in [2.75, 3.05) is 10.0 Å². The SMILES string of the molecule is Cc1cc(NS(=O)(=O)c2ccc(NC(=O)c3ccc(C(=O)c4ccccc4)cc3)cc2)no1. The average Bonchev–Trinajstić information content (AvgIpc) is 3.23. The molecule has 1 aromatic heterocycles. The van der Waals surface area contributed by atoms with E-state index in [2.05, 4.69) is 15.2 Å². The Morgan fingerprint density at radius 3 is 2.03 bits per heavy atom. The first-order valence-electron chi connectivity index (χ1n) is 9.89. The smallest absolute Gasteiger partial charge is 0.263 e. The number of aryl methyl sites for hydroxylation is 1. The van der Waals surface area contributed by atoms with Crippen molar-refractivity contribution < 1.29 is 22.5 Å². The predicted octanol–water partition coefficient (Wildman–Crippen LogP) is 4.27. The molecule has 0 aliphatic carbocycles. The quantitative estimate of drug-likeness (QED) is 0.397. The van der Waals surface area contributed by atoms with E-state index in [1.54, 1.807) is 55.5 Å². The van der Waals surface area contributed by atoms with E-state index in [-0.39, 0.29) is 22.4 Å². The van der Waals surface area contributed by atoms with Crippen molar-refractivity contribution in [2.45, 2.75) is 11.8 Å². The van der Waals surface area contributed by atoms with Crippen molar-refractivity contribution in [3.05, 3.63) is 107 Å². The lowest BCUT2D eigenvalue weighted by Crippen LogP contribution is -2.14. The minimum absolute atomic E-state index is 0.00456. The minimum Gasteiger partial charge on any atom is -0.360 e. The number of hydrogen-bond donors (Lipinski definition) is 2. The fraction of sp³-hybridized carbons (Fsp3) is 0.0417. The highest BCUT2D eigenvalue weighted by Gasteiger charge is 2.17. The third-order valence-electron chi connectivity index (χ3n) is 4.73. The van der Waals surface area contributed by atoms with Crippen LogP contribution < -0.4 is 10.0 Å². The molecular weight excluding hydrogens is 442 g/mol. The Balaban J connectivity index is 1.42. The molecule has 0 saturated carbocycles. The van der Waals surface area contributed by atoms with Gasteiger partial charge >= 0.3 is 0 Å². The Kier molecular flexibility index (Phi) is 6.05. The number of hydrogen-bond acceptors (Lipinski definition) is 6. The molecule has 0 fully saturated rings. The van der Waals surface area contributed by atoms with Crippen molar-refractivity contribution in [3.8, 4) is 0 Å². The summed E-state index contributed by atoms with van der Waals surface area (Å²) in [6.45, 7) is 1.65. The van der Waals surface area contributed by atoms with E-state index in [4.69, 9.17) is 4.52 Å². The van der Waals surface area contributed by atoms with E-state index in [9.17, 15) is 18.0 Å². The van der Waals surface area contributed by atoms with Crippen LogP contribution >= 0.6 is 0 Å². The first-order valence-corrected chi connectivity index (χ1v) is 11.4. The van der Waals surface area contributed by atoms with Gasteiger partial charge < -0.3 is 9.84 Å². The van der Waals surface area contributed by atoms with Gasteiger partial charge in [0.15, 0.2) is 11.6 Å². The Bertz CT molecular complexity index is 1390. The first kappa shape index (κ1) is 22.0. The number of benzene rings is 3. The van der Waals surface area contributed by atoms with Crippen LogP contribution in [0.3, 0.4) is 0 Å². The summed E-state index contributed by atoms with van der Waals surface area (Å²) in [5, 5.41) is 6.31. The molecule has 1 amide bonds. The van der Waals surface area contributed by atoms with Crippen LogP contribution in [0.15, 0.2) is 94.3 Å². The first-order chi connectivity index (χ1) is 15.8. The van der Waals surface area contributed by atoms with Crippen molar-refractivity contribution in [1.82, 2.24) is 5.16 Å². The van der Waals surface area contributed by atoms with E-state index in [0.717, 1.165) is 0 Å². The number of amides is 1. The lowest BCUT2D eigenvalue weighted by Gasteiger charge is -2.08. The van der Waals surface area contributed by atoms with Gasteiger partial charge in [0, 0.05) is 28.4 Å². The summed E-state index contributed by atoms with van der Waals surface area (Å²) >= 11 is 0. The Morgan fingerprint density at radius 2 is 1.42 bits per heavy atom. The summed E-state index contributed by atoms with van der Waals surface area (Å²) in [5.74, 6) is 0.0385. The monoisotopic (exact) mass is 461 g/mol. The summed E-state index contributed by atoms with van der Waals surface area (Å²) in [6.07, 6.45) is 0. The maximum absolute atomic E-state index is 12.5. The van der Waals surface area contributed by atoms with Crippen LogP contribution in [0.2, 0.25) is 0 Å². The van der Waals surface area contributed by atoms with Crippen LogP contribution in [0, 0.1) is 6.92 Å². The van der Waals surface area contributed by atoms with Gasteiger partial charge in [0.2, 0.25) is 0 Å². The molecule has 8 nitrogen and oxygen atoms in total. The molecule has 0 atom stereocenters. The van der Waals surface area contributed by atoms with Crippen molar-refractivity contribution in [2.24, 2.45) is 0 Å². The molecule has 166 valence electrons. The van der Waals surface area contributed by atoms with Gasteiger partial charge in [0.25, 0.3) is 15.9 Å². The van der Waals surface area contributed by atoms with Crippen molar-refractivity contribution in [3.63, 3.8) is 0 Å². The summed E-state index contributed by atoms with van der Waals surface area (Å²) in [7, 11) is -3.85. The van der Waals surface area contributed by atoms with Crippen LogP contribution in [0.1, 0.15) is 32.0 Å². The van der Waals surface area contributed by atoms with Gasteiger partial charge in [-0.05, 0) is 43.3 Å². The maximum atomic E-state index is 12.5. The summed E-state index contributed by atoms with van der Waals surface area (Å²) < 4.78 is 32.1. The van der Waals surface area contributed by atoms with Crippen molar-refractivity contribution in [1.29, 1.82) is 0 Å². The standard InChI is InChI=1S/C24H19N3O5S/c1-16-15-22(26-32-16)27-33(30,31)21-13-11-20(12-14-21)25-24(29)19-9-7-18(8-10-19)23(28)17-5-3-2-4-6-17/h2-15H,1H3,(H,25,29)(H,26,27). The molecule has 0 spiro atoms. The number of sulfonamides is 1. The molecule has 0 unspecified atom stereocenters. The number of anilines is 2. The molecule has 4 aromatic rings. The molecule has 0 radical (unpaired) electrons. The number of nitrogens with zero attached hydrogens (tertiary/aromatic N) is 1. The fourth-order valence-electron chi connectivity index (χ4n) is 3.06. The molecule has 4 rings (SSSR count). The summed E-state index contributed by atoms with van der Waals surface area (Å²) in [5.41, 5.74) is 1.82. The Morgan fingerprint density at radius 1 is 0.818 bits per heavy atom. The third kappa shape index (κ3) is 5.16. The highest BCUT2D eigenvalue weighted by molar-refractivity contribution is 7.92. The second-order valence-electron chi connectivity index (χ2n) is 7.18. The largest absolute Gasteiger partial charge is 0.360 e. The van der Waals surface area contributed by atoms with Gasteiger partial charge in [-0.25, -0.2) is 8.42 Å². The fourth-order valence-corrected chi connectivity index (χ4v) is 4.04. The molecule has 0 bridgehead atoms. The van der Waals surface area contributed by atoms with Gasteiger partial charge in [-0.2, -0.15) is 0 Å². The third-order valence-corrected chi connectivity index (χ3v) is 6.11. The number of carbonyl (C=O) groups is 2. The van der Waals surface area contributed by atoms with E-state index in [1.165, 1.54) is 30.3 Å². The average molecular weight is 461 g/mol. The predicted molar refractivity (Wildman–Crippen MR) is 123 cm³/mol. The maximum Gasteiger partial charge on any atom is 0.263 e. The van der Waals surface area contributed by atoms with Gasteiger partial charge in [-0.15, -0.1) is 0 Å². The molecular formula is C24H19N3O5S. The molecule has 0 aliphatic heterocycles. The second kappa shape index (κ2) is 9.09. The van der Waals surface area contributed by atoms with Gasteiger partial charge in [0.1, 0.15) is 5.76 Å². The molecule has 0 aliphatic rings. The van der Waals surface area contributed by atoms with Crippen LogP contribution in [0.25, 0.3) is 0 Å². The number of carbonyl (C=O) groups excluding carboxylic acids is 2. The molecule has 0 saturated heterocycles. The molecule has 9 heteroatoms. The van der Waals surface area contributed by atoms with Crippen molar-refractivity contribution >= 4 is 33.2 Å². The van der Waals surface area contributed by atoms with Gasteiger partial charge in [0.05, 0.1) is 4.90 Å². The number of rotatable bonds is 7. The Labute approximate surface area is 190 Å². The van der Waals surface area contributed by atoms with E-state index >= 15 is 0 Å². The Hall–Kier alpha value is -4.24. The molecule has 2 N–H and O–H groups in total. The number of aromatic nitrogens is 1. The van der Waals surface area contributed by atoms with Crippen LogP contribution in [-0.4, -0.2) is 25.3 Å². The lowest BCUT2D eigenvalue weighted by atomic mass is 10.0. The highest BCUT2D eigenvalue weighted by atomic mass is 32.2. The zero-order valence-electron chi connectivity index (χ0n) is 17.5.